The third kappa shape index (κ3) is 2.72. The highest BCUT2D eigenvalue weighted by molar-refractivity contribution is 5.46. The monoisotopic (exact) mass is 195 g/mol. The number of para-hydroxylation sites is 1. The van der Waals surface area contributed by atoms with Crippen molar-refractivity contribution < 1.29 is 10.2 Å². The summed E-state index contributed by atoms with van der Waals surface area (Å²) >= 11 is 0. The van der Waals surface area contributed by atoms with E-state index in [-0.39, 0.29) is 19.3 Å². The molecule has 0 heterocycles. The zero-order valence-electron chi connectivity index (χ0n) is 8.43. The van der Waals surface area contributed by atoms with E-state index in [1.165, 1.54) is 0 Å². The maximum atomic E-state index is 9.07. The Morgan fingerprint density at radius 1 is 1.21 bits per heavy atom. The number of aliphatic hydroxyl groups is 2. The number of nitrogens with zero attached hydrogens (tertiary/aromatic N) is 1. The number of hydrogen-bond acceptors (Lipinski definition) is 3. The van der Waals surface area contributed by atoms with E-state index < -0.39 is 0 Å². The van der Waals surface area contributed by atoms with Gasteiger partial charge in [0.2, 0.25) is 0 Å². The van der Waals surface area contributed by atoms with Crippen molar-refractivity contribution >= 4 is 5.69 Å². The first-order chi connectivity index (χ1) is 6.79. The van der Waals surface area contributed by atoms with Crippen LogP contribution in [-0.2, 0) is 0 Å². The Morgan fingerprint density at radius 2 is 1.86 bits per heavy atom. The van der Waals surface area contributed by atoms with Crippen LogP contribution in [-0.4, -0.2) is 36.0 Å². The van der Waals surface area contributed by atoms with Gasteiger partial charge in [-0.1, -0.05) is 18.2 Å². The topological polar surface area (TPSA) is 43.7 Å². The first-order valence-corrected chi connectivity index (χ1v) is 4.83. The van der Waals surface area contributed by atoms with Crippen molar-refractivity contribution in [3.8, 4) is 0 Å². The van der Waals surface area contributed by atoms with Crippen LogP contribution in [0.15, 0.2) is 30.3 Å². The molecule has 0 aromatic heterocycles. The Kier molecular flexibility index (Phi) is 4.43. The van der Waals surface area contributed by atoms with E-state index in [4.69, 9.17) is 10.2 Å². The molecule has 3 heteroatoms. The van der Waals surface area contributed by atoms with E-state index >= 15 is 0 Å². The summed E-state index contributed by atoms with van der Waals surface area (Å²) in [6, 6.07) is 9.83. The minimum Gasteiger partial charge on any atom is -0.395 e. The van der Waals surface area contributed by atoms with Gasteiger partial charge < -0.3 is 15.1 Å². The van der Waals surface area contributed by atoms with E-state index in [1.807, 2.05) is 42.2 Å². The average molecular weight is 195 g/mol. The second-order valence-corrected chi connectivity index (χ2v) is 3.28. The first-order valence-electron chi connectivity index (χ1n) is 4.83. The molecule has 3 nitrogen and oxygen atoms in total. The Morgan fingerprint density at radius 3 is 2.36 bits per heavy atom. The predicted molar refractivity (Wildman–Crippen MR) is 57.4 cm³/mol. The van der Waals surface area contributed by atoms with Crippen LogP contribution in [0.4, 0.5) is 5.69 Å². The lowest BCUT2D eigenvalue weighted by Crippen LogP contribution is -2.37. The molecule has 0 radical (unpaired) electrons. The van der Waals surface area contributed by atoms with Crippen LogP contribution in [0, 0.1) is 0 Å². The SMILES string of the molecule is CC(CO)N(CCO)c1ccccc1. The van der Waals surface area contributed by atoms with Crippen molar-refractivity contribution in [3.63, 3.8) is 0 Å². The molecule has 0 amide bonds. The van der Waals surface area contributed by atoms with Crippen molar-refractivity contribution in [1.82, 2.24) is 0 Å². The number of hydrogen-bond donors (Lipinski definition) is 2. The van der Waals surface area contributed by atoms with Gasteiger partial charge in [-0.25, -0.2) is 0 Å². The van der Waals surface area contributed by atoms with Gasteiger partial charge in [0.15, 0.2) is 0 Å². The summed E-state index contributed by atoms with van der Waals surface area (Å²) in [5, 5.41) is 18.0. The summed E-state index contributed by atoms with van der Waals surface area (Å²) in [4.78, 5) is 1.99. The Balaban J connectivity index is 2.77. The molecule has 1 atom stereocenters. The molecular formula is C11H17NO2. The summed E-state index contributed by atoms with van der Waals surface area (Å²) < 4.78 is 0. The van der Waals surface area contributed by atoms with Gasteiger partial charge in [-0.15, -0.1) is 0 Å². The van der Waals surface area contributed by atoms with E-state index in [0.29, 0.717) is 6.54 Å². The van der Waals surface area contributed by atoms with Crippen LogP contribution in [0.1, 0.15) is 6.92 Å². The van der Waals surface area contributed by atoms with Crippen molar-refractivity contribution in [1.29, 1.82) is 0 Å². The van der Waals surface area contributed by atoms with Crippen molar-refractivity contribution in [2.24, 2.45) is 0 Å². The zero-order valence-corrected chi connectivity index (χ0v) is 8.43. The standard InChI is InChI=1S/C11H17NO2/c1-10(9-14)12(7-8-13)11-5-3-2-4-6-11/h2-6,10,13-14H,7-9H2,1H3. The lowest BCUT2D eigenvalue weighted by Gasteiger charge is -2.29. The summed E-state index contributed by atoms with van der Waals surface area (Å²) in [6.07, 6.45) is 0. The average Bonchev–Trinajstić information content (AvgIpc) is 2.26. The van der Waals surface area contributed by atoms with Crippen LogP contribution in [0.5, 0.6) is 0 Å². The fourth-order valence-electron chi connectivity index (χ4n) is 1.43. The van der Waals surface area contributed by atoms with Crippen LogP contribution in [0.2, 0.25) is 0 Å². The summed E-state index contributed by atoms with van der Waals surface area (Å²) in [5.74, 6) is 0. The van der Waals surface area contributed by atoms with Crippen LogP contribution in [0.3, 0.4) is 0 Å². The quantitative estimate of drug-likeness (QED) is 0.732. The van der Waals surface area contributed by atoms with Crippen LogP contribution < -0.4 is 4.90 Å². The minimum absolute atomic E-state index is 0.0320. The van der Waals surface area contributed by atoms with Gasteiger partial charge >= 0.3 is 0 Å². The van der Waals surface area contributed by atoms with E-state index in [1.54, 1.807) is 0 Å². The van der Waals surface area contributed by atoms with Gasteiger partial charge in [0.1, 0.15) is 0 Å². The highest BCUT2D eigenvalue weighted by atomic mass is 16.3. The molecule has 0 saturated carbocycles. The lowest BCUT2D eigenvalue weighted by molar-refractivity contribution is 0.253. The maximum absolute atomic E-state index is 9.07. The Labute approximate surface area is 84.6 Å². The molecule has 2 N–H and O–H groups in total. The molecule has 1 aromatic carbocycles. The predicted octanol–water partition coefficient (Wildman–Crippen LogP) is 0.866. The van der Waals surface area contributed by atoms with Crippen molar-refractivity contribution in [3.05, 3.63) is 30.3 Å². The normalized spacial score (nSPS) is 12.5. The molecule has 0 aliphatic heterocycles. The molecule has 0 aliphatic rings. The number of benzene rings is 1. The van der Waals surface area contributed by atoms with E-state index in [2.05, 4.69) is 0 Å². The van der Waals surface area contributed by atoms with Gasteiger partial charge in [0.05, 0.1) is 13.2 Å². The van der Waals surface area contributed by atoms with Gasteiger partial charge in [0, 0.05) is 18.3 Å². The maximum Gasteiger partial charge on any atom is 0.0632 e. The van der Waals surface area contributed by atoms with Crippen LogP contribution >= 0.6 is 0 Å². The molecule has 1 unspecified atom stereocenters. The number of anilines is 1. The zero-order chi connectivity index (χ0) is 10.4. The smallest absolute Gasteiger partial charge is 0.0632 e. The molecule has 0 saturated heterocycles. The second-order valence-electron chi connectivity index (χ2n) is 3.28. The van der Waals surface area contributed by atoms with Gasteiger partial charge in [0.25, 0.3) is 0 Å². The lowest BCUT2D eigenvalue weighted by atomic mass is 10.2. The van der Waals surface area contributed by atoms with Crippen LogP contribution in [0.25, 0.3) is 0 Å². The van der Waals surface area contributed by atoms with E-state index in [9.17, 15) is 0 Å². The Hall–Kier alpha value is -1.06. The van der Waals surface area contributed by atoms with Crippen molar-refractivity contribution in [2.75, 3.05) is 24.7 Å². The number of aliphatic hydroxyl groups excluding tert-OH is 2. The summed E-state index contributed by atoms with van der Waals surface area (Å²) in [7, 11) is 0. The molecule has 78 valence electrons. The highest BCUT2D eigenvalue weighted by Gasteiger charge is 2.11. The molecule has 0 fully saturated rings. The van der Waals surface area contributed by atoms with Gasteiger partial charge in [-0.05, 0) is 19.1 Å². The molecule has 0 spiro atoms. The second kappa shape index (κ2) is 5.62. The number of rotatable bonds is 5. The fourth-order valence-corrected chi connectivity index (χ4v) is 1.43. The third-order valence-corrected chi connectivity index (χ3v) is 2.23. The molecule has 0 bridgehead atoms. The fraction of sp³-hybridized carbons (Fsp3) is 0.455. The summed E-state index contributed by atoms with van der Waals surface area (Å²) in [5.41, 5.74) is 1.03. The Bertz CT molecular complexity index is 251. The van der Waals surface area contributed by atoms with Gasteiger partial charge in [-0.2, -0.15) is 0 Å². The van der Waals surface area contributed by atoms with Gasteiger partial charge in [-0.3, -0.25) is 0 Å². The summed E-state index contributed by atoms with van der Waals surface area (Å²) in [6.45, 7) is 2.67. The minimum atomic E-state index is 0.0320. The largest absolute Gasteiger partial charge is 0.395 e. The molecule has 0 aliphatic carbocycles. The molecule has 1 aromatic rings. The highest BCUT2D eigenvalue weighted by Crippen LogP contribution is 2.15. The molecule has 14 heavy (non-hydrogen) atoms. The molecule has 1 rings (SSSR count). The molecular weight excluding hydrogens is 178 g/mol. The van der Waals surface area contributed by atoms with Crippen molar-refractivity contribution in [2.45, 2.75) is 13.0 Å². The third-order valence-electron chi connectivity index (χ3n) is 2.23. The van der Waals surface area contributed by atoms with E-state index in [0.717, 1.165) is 5.69 Å². The first kappa shape index (κ1) is 11.0.